The fourth-order valence-corrected chi connectivity index (χ4v) is 3.98. The molecule has 3 aromatic carbocycles. The van der Waals surface area contributed by atoms with Crippen molar-refractivity contribution in [3.63, 3.8) is 0 Å². The summed E-state index contributed by atoms with van der Waals surface area (Å²) in [5.74, 6) is 0.225. The molecule has 0 amide bonds. The SMILES string of the molecule is O=C(COc1ccc(Br)cc1Br)Oc1ccc2c(c1)oc(=O)c1ccccc12. The number of hydrogen-bond acceptors (Lipinski definition) is 5. The van der Waals surface area contributed by atoms with Gasteiger partial charge in [-0.2, -0.15) is 0 Å². The van der Waals surface area contributed by atoms with E-state index in [0.717, 1.165) is 15.2 Å². The normalized spacial score (nSPS) is 10.9. The lowest BCUT2D eigenvalue weighted by Crippen LogP contribution is -2.17. The van der Waals surface area contributed by atoms with Crippen molar-refractivity contribution in [1.29, 1.82) is 0 Å². The lowest BCUT2D eigenvalue weighted by atomic mass is 10.1. The molecule has 140 valence electrons. The third kappa shape index (κ3) is 3.81. The molecular formula is C21H12Br2O5. The minimum Gasteiger partial charge on any atom is -0.481 e. The summed E-state index contributed by atoms with van der Waals surface area (Å²) in [4.78, 5) is 24.3. The zero-order valence-electron chi connectivity index (χ0n) is 14.3. The maximum Gasteiger partial charge on any atom is 0.349 e. The van der Waals surface area contributed by atoms with Gasteiger partial charge in [-0.3, -0.25) is 0 Å². The van der Waals surface area contributed by atoms with Gasteiger partial charge in [0.25, 0.3) is 0 Å². The summed E-state index contributed by atoms with van der Waals surface area (Å²) in [6, 6.07) is 17.5. The van der Waals surface area contributed by atoms with E-state index in [2.05, 4.69) is 31.9 Å². The monoisotopic (exact) mass is 502 g/mol. The van der Waals surface area contributed by atoms with E-state index in [1.165, 1.54) is 6.07 Å². The van der Waals surface area contributed by atoms with Gasteiger partial charge >= 0.3 is 11.6 Å². The predicted octanol–water partition coefficient (Wildman–Crippen LogP) is 5.46. The number of carbonyl (C=O) groups excluding carboxylic acids is 1. The molecule has 0 aliphatic carbocycles. The number of fused-ring (bicyclic) bond motifs is 3. The molecule has 0 saturated heterocycles. The van der Waals surface area contributed by atoms with Crippen LogP contribution in [0.25, 0.3) is 21.7 Å². The maximum atomic E-state index is 12.1. The Morgan fingerprint density at radius 2 is 1.71 bits per heavy atom. The lowest BCUT2D eigenvalue weighted by molar-refractivity contribution is -0.136. The Bertz CT molecular complexity index is 1260. The fraction of sp³-hybridized carbons (Fsp3) is 0.0476. The molecule has 7 heteroatoms. The van der Waals surface area contributed by atoms with Crippen LogP contribution < -0.4 is 15.1 Å². The molecule has 1 aromatic heterocycles. The van der Waals surface area contributed by atoms with E-state index in [4.69, 9.17) is 13.9 Å². The van der Waals surface area contributed by atoms with Crippen LogP contribution in [0.3, 0.4) is 0 Å². The van der Waals surface area contributed by atoms with E-state index in [0.29, 0.717) is 21.2 Å². The molecule has 28 heavy (non-hydrogen) atoms. The molecule has 4 aromatic rings. The number of benzene rings is 3. The predicted molar refractivity (Wildman–Crippen MR) is 113 cm³/mol. The Hall–Kier alpha value is -2.64. The highest BCUT2D eigenvalue weighted by atomic mass is 79.9. The minimum absolute atomic E-state index is 0.264. The van der Waals surface area contributed by atoms with Crippen LogP contribution in [-0.2, 0) is 4.79 Å². The number of halogens is 2. The summed E-state index contributed by atoms with van der Waals surface area (Å²) in [5, 5.41) is 2.06. The molecule has 0 aliphatic heterocycles. The molecular weight excluding hydrogens is 492 g/mol. The molecule has 4 rings (SSSR count). The second-order valence-corrected chi connectivity index (χ2v) is 7.70. The molecule has 0 aliphatic rings. The molecule has 0 fully saturated rings. The smallest absolute Gasteiger partial charge is 0.349 e. The average Bonchev–Trinajstić information content (AvgIpc) is 2.67. The van der Waals surface area contributed by atoms with Crippen molar-refractivity contribution in [3.8, 4) is 11.5 Å². The third-order valence-electron chi connectivity index (χ3n) is 4.06. The topological polar surface area (TPSA) is 65.7 Å². The van der Waals surface area contributed by atoms with Gasteiger partial charge in [0.1, 0.15) is 17.1 Å². The highest BCUT2D eigenvalue weighted by Gasteiger charge is 2.12. The van der Waals surface area contributed by atoms with Crippen LogP contribution in [0, 0.1) is 0 Å². The molecule has 0 radical (unpaired) electrons. The van der Waals surface area contributed by atoms with Gasteiger partial charge in [-0.05, 0) is 57.7 Å². The van der Waals surface area contributed by atoms with Crippen molar-refractivity contribution in [2.75, 3.05) is 6.61 Å². The third-order valence-corrected chi connectivity index (χ3v) is 5.18. The number of esters is 1. The maximum absolute atomic E-state index is 12.1. The molecule has 0 spiro atoms. The molecule has 1 heterocycles. The van der Waals surface area contributed by atoms with Gasteiger partial charge in [0.15, 0.2) is 6.61 Å². The van der Waals surface area contributed by atoms with E-state index in [1.54, 1.807) is 36.4 Å². The van der Waals surface area contributed by atoms with Crippen LogP contribution in [-0.4, -0.2) is 12.6 Å². The van der Waals surface area contributed by atoms with Gasteiger partial charge in [-0.1, -0.05) is 34.1 Å². The first-order chi connectivity index (χ1) is 13.5. The van der Waals surface area contributed by atoms with Gasteiger partial charge in [0.05, 0.1) is 9.86 Å². The van der Waals surface area contributed by atoms with Crippen molar-refractivity contribution in [1.82, 2.24) is 0 Å². The minimum atomic E-state index is -0.572. The molecule has 0 saturated carbocycles. The first-order valence-corrected chi connectivity index (χ1v) is 9.84. The highest BCUT2D eigenvalue weighted by molar-refractivity contribution is 9.11. The van der Waals surface area contributed by atoms with E-state index in [9.17, 15) is 9.59 Å². The van der Waals surface area contributed by atoms with Crippen molar-refractivity contribution in [3.05, 3.63) is 80.0 Å². The summed E-state index contributed by atoms with van der Waals surface area (Å²) in [7, 11) is 0. The highest BCUT2D eigenvalue weighted by Crippen LogP contribution is 2.29. The first kappa shape index (κ1) is 18.7. The zero-order valence-corrected chi connectivity index (χ0v) is 17.4. The Morgan fingerprint density at radius 3 is 2.50 bits per heavy atom. The summed E-state index contributed by atoms with van der Waals surface area (Å²) in [6.45, 7) is -0.264. The Balaban J connectivity index is 1.53. The van der Waals surface area contributed by atoms with Crippen molar-refractivity contribution >= 4 is 59.6 Å². The Morgan fingerprint density at radius 1 is 0.929 bits per heavy atom. The number of rotatable bonds is 4. The Labute approximate surface area is 176 Å². The molecule has 0 atom stereocenters. The molecule has 0 bridgehead atoms. The van der Waals surface area contributed by atoms with E-state index >= 15 is 0 Å². The largest absolute Gasteiger partial charge is 0.481 e. The van der Waals surface area contributed by atoms with E-state index < -0.39 is 11.6 Å². The van der Waals surface area contributed by atoms with Gasteiger partial charge in [-0.15, -0.1) is 0 Å². The Kier molecular flexibility index (Phi) is 5.19. The number of carbonyl (C=O) groups is 1. The van der Waals surface area contributed by atoms with Gasteiger partial charge in [-0.25, -0.2) is 9.59 Å². The summed E-state index contributed by atoms with van der Waals surface area (Å²) < 4.78 is 17.8. The van der Waals surface area contributed by atoms with Crippen LogP contribution >= 0.6 is 31.9 Å². The average molecular weight is 504 g/mol. The van der Waals surface area contributed by atoms with E-state index in [1.807, 2.05) is 18.2 Å². The molecule has 0 unspecified atom stereocenters. The van der Waals surface area contributed by atoms with Crippen LogP contribution in [0.4, 0.5) is 0 Å². The molecule has 5 nitrogen and oxygen atoms in total. The number of ether oxygens (including phenoxy) is 2. The second-order valence-electron chi connectivity index (χ2n) is 5.93. The summed E-state index contributed by atoms with van der Waals surface area (Å²) >= 11 is 6.72. The van der Waals surface area contributed by atoms with Crippen molar-refractivity contribution in [2.45, 2.75) is 0 Å². The zero-order chi connectivity index (χ0) is 19.7. The second kappa shape index (κ2) is 7.77. The quantitative estimate of drug-likeness (QED) is 0.160. The molecule has 0 N–H and O–H groups in total. The van der Waals surface area contributed by atoms with E-state index in [-0.39, 0.29) is 12.4 Å². The summed E-state index contributed by atoms with van der Waals surface area (Å²) in [6.07, 6.45) is 0. The fourth-order valence-electron chi connectivity index (χ4n) is 2.81. The van der Waals surface area contributed by atoms with Crippen molar-refractivity contribution in [2.24, 2.45) is 0 Å². The van der Waals surface area contributed by atoms with Crippen molar-refractivity contribution < 1.29 is 18.7 Å². The van der Waals surface area contributed by atoms with Crippen LogP contribution in [0.5, 0.6) is 11.5 Å². The first-order valence-electron chi connectivity index (χ1n) is 8.25. The van der Waals surface area contributed by atoms with Gasteiger partial charge < -0.3 is 13.9 Å². The summed E-state index contributed by atoms with van der Waals surface area (Å²) in [5.41, 5.74) is -0.0828. The van der Waals surface area contributed by atoms with Crippen LogP contribution in [0.15, 0.2) is 78.8 Å². The van der Waals surface area contributed by atoms with Crippen LogP contribution in [0.2, 0.25) is 0 Å². The van der Waals surface area contributed by atoms with Gasteiger partial charge in [0, 0.05) is 15.9 Å². The lowest BCUT2D eigenvalue weighted by Gasteiger charge is -2.09. The van der Waals surface area contributed by atoms with Gasteiger partial charge in [0.2, 0.25) is 0 Å². The standard InChI is InChI=1S/C21H12Br2O5/c22-12-5-8-18(17(23)9-12)26-11-20(24)27-13-6-7-15-14-3-1-2-4-16(14)21(25)28-19(15)10-13/h1-10H,11H2. The van der Waals surface area contributed by atoms with Crippen LogP contribution in [0.1, 0.15) is 0 Å². The number of hydrogen-bond donors (Lipinski definition) is 0.